The second-order valence-corrected chi connectivity index (χ2v) is 6.54. The molecule has 5 heteroatoms. The maximum atomic E-state index is 4.73. The van der Waals surface area contributed by atoms with E-state index >= 15 is 0 Å². The molecule has 0 amide bonds. The number of aryl methyl sites for hydroxylation is 1. The van der Waals surface area contributed by atoms with Crippen molar-refractivity contribution >= 4 is 23.7 Å². The average Bonchev–Trinajstić information content (AvgIpc) is 2.86. The molecule has 0 unspecified atom stereocenters. The van der Waals surface area contributed by atoms with E-state index in [1.807, 2.05) is 18.4 Å². The molecule has 1 aromatic rings. The number of likely N-dealkylation sites (tertiary alicyclic amines) is 1. The molecule has 0 atom stereocenters. The Morgan fingerprint density at radius 3 is 2.80 bits per heavy atom. The standard InChI is InChI=1S/C15H27N3S.ClH/c1-3-4-14-12-19-15(17-14)11-18-9-6-13(7-10-18)5-8-16-2;/h12-13,16H,3-11H2,1-2H3;1H. The van der Waals surface area contributed by atoms with Gasteiger partial charge in [-0.3, -0.25) is 4.90 Å². The largest absolute Gasteiger partial charge is 0.320 e. The maximum Gasteiger partial charge on any atom is 0.107 e. The van der Waals surface area contributed by atoms with Crippen molar-refractivity contribution in [1.29, 1.82) is 0 Å². The van der Waals surface area contributed by atoms with Crippen molar-refractivity contribution in [3.05, 3.63) is 16.1 Å². The Bertz CT molecular complexity index is 362. The number of aromatic nitrogens is 1. The van der Waals surface area contributed by atoms with E-state index < -0.39 is 0 Å². The zero-order valence-electron chi connectivity index (χ0n) is 12.7. The molecule has 3 nitrogen and oxygen atoms in total. The average molecular weight is 318 g/mol. The van der Waals surface area contributed by atoms with Crippen LogP contribution in [0.25, 0.3) is 0 Å². The fourth-order valence-corrected chi connectivity index (χ4v) is 3.64. The van der Waals surface area contributed by atoms with Gasteiger partial charge in [-0.1, -0.05) is 13.3 Å². The number of halogens is 1. The van der Waals surface area contributed by atoms with Crippen molar-refractivity contribution in [3.8, 4) is 0 Å². The lowest BCUT2D eigenvalue weighted by molar-refractivity contribution is 0.172. The third-order valence-corrected chi connectivity index (χ3v) is 4.86. The summed E-state index contributed by atoms with van der Waals surface area (Å²) in [5.41, 5.74) is 1.28. The summed E-state index contributed by atoms with van der Waals surface area (Å²) in [5.74, 6) is 0.927. The lowest BCUT2D eigenvalue weighted by Crippen LogP contribution is -2.34. The van der Waals surface area contributed by atoms with Crippen LogP contribution in [-0.4, -0.2) is 36.6 Å². The van der Waals surface area contributed by atoms with Crippen LogP contribution >= 0.6 is 23.7 Å². The van der Waals surface area contributed by atoms with Gasteiger partial charge in [-0.2, -0.15) is 0 Å². The Morgan fingerprint density at radius 2 is 2.15 bits per heavy atom. The molecule has 1 aromatic heterocycles. The number of hydrogen-bond acceptors (Lipinski definition) is 4. The highest BCUT2D eigenvalue weighted by molar-refractivity contribution is 7.09. The molecular formula is C15H28ClN3S. The van der Waals surface area contributed by atoms with Crippen molar-refractivity contribution < 1.29 is 0 Å². The van der Waals surface area contributed by atoms with E-state index in [1.54, 1.807) is 0 Å². The molecule has 0 spiro atoms. The lowest BCUT2D eigenvalue weighted by Gasteiger charge is -2.31. The molecule has 116 valence electrons. The number of nitrogens with zero attached hydrogens (tertiary/aromatic N) is 2. The molecule has 0 saturated carbocycles. The Morgan fingerprint density at radius 1 is 1.40 bits per heavy atom. The van der Waals surface area contributed by atoms with E-state index in [4.69, 9.17) is 4.98 Å². The van der Waals surface area contributed by atoms with Crippen molar-refractivity contribution in [1.82, 2.24) is 15.2 Å². The van der Waals surface area contributed by atoms with E-state index in [-0.39, 0.29) is 12.4 Å². The summed E-state index contributed by atoms with van der Waals surface area (Å²) in [4.78, 5) is 7.30. The van der Waals surface area contributed by atoms with Crippen LogP contribution in [0.3, 0.4) is 0 Å². The third-order valence-electron chi connectivity index (χ3n) is 3.97. The van der Waals surface area contributed by atoms with Crippen LogP contribution in [0.15, 0.2) is 5.38 Å². The van der Waals surface area contributed by atoms with Crippen LogP contribution in [0.2, 0.25) is 0 Å². The van der Waals surface area contributed by atoms with Gasteiger partial charge in [0.1, 0.15) is 5.01 Å². The first-order valence-corrected chi connectivity index (χ1v) is 8.50. The zero-order chi connectivity index (χ0) is 13.5. The summed E-state index contributed by atoms with van der Waals surface area (Å²) in [6, 6.07) is 0. The van der Waals surface area contributed by atoms with Gasteiger partial charge in [-0.05, 0) is 58.3 Å². The van der Waals surface area contributed by atoms with Crippen LogP contribution in [0, 0.1) is 5.92 Å². The molecule has 2 heterocycles. The minimum Gasteiger partial charge on any atom is -0.320 e. The van der Waals surface area contributed by atoms with E-state index in [0.717, 1.165) is 25.4 Å². The molecule has 0 radical (unpaired) electrons. The Balaban J connectivity index is 0.00000200. The predicted octanol–water partition coefficient (Wildman–Crippen LogP) is 3.34. The first-order valence-electron chi connectivity index (χ1n) is 7.62. The second kappa shape index (κ2) is 9.72. The summed E-state index contributed by atoms with van der Waals surface area (Å²) in [5, 5.41) is 6.80. The first kappa shape index (κ1) is 17.9. The molecule has 0 aliphatic carbocycles. The maximum absolute atomic E-state index is 4.73. The molecule has 20 heavy (non-hydrogen) atoms. The molecule has 1 N–H and O–H groups in total. The van der Waals surface area contributed by atoms with Crippen LogP contribution < -0.4 is 5.32 Å². The number of thiazole rings is 1. The second-order valence-electron chi connectivity index (χ2n) is 5.59. The molecule has 1 fully saturated rings. The van der Waals surface area contributed by atoms with Gasteiger partial charge >= 0.3 is 0 Å². The van der Waals surface area contributed by atoms with Gasteiger partial charge in [0.15, 0.2) is 0 Å². The van der Waals surface area contributed by atoms with E-state index in [2.05, 4.69) is 22.5 Å². The molecular weight excluding hydrogens is 290 g/mol. The van der Waals surface area contributed by atoms with Gasteiger partial charge in [0, 0.05) is 5.38 Å². The SMILES string of the molecule is CCCc1csc(CN2CCC(CCNC)CC2)n1.Cl. The number of piperidine rings is 1. The van der Waals surface area contributed by atoms with Crippen LogP contribution in [-0.2, 0) is 13.0 Å². The highest BCUT2D eigenvalue weighted by atomic mass is 35.5. The summed E-state index contributed by atoms with van der Waals surface area (Å²) >= 11 is 1.84. The highest BCUT2D eigenvalue weighted by Crippen LogP contribution is 2.22. The molecule has 0 bridgehead atoms. The fraction of sp³-hybridized carbons (Fsp3) is 0.800. The summed E-state index contributed by atoms with van der Waals surface area (Å²) in [7, 11) is 2.05. The summed E-state index contributed by atoms with van der Waals surface area (Å²) < 4.78 is 0. The number of rotatable bonds is 7. The minimum atomic E-state index is 0. The van der Waals surface area contributed by atoms with Gasteiger partial charge < -0.3 is 5.32 Å². The minimum absolute atomic E-state index is 0. The van der Waals surface area contributed by atoms with Crippen LogP contribution in [0.1, 0.15) is 43.3 Å². The normalized spacial score (nSPS) is 17.1. The quantitative estimate of drug-likeness (QED) is 0.836. The van der Waals surface area contributed by atoms with E-state index in [9.17, 15) is 0 Å². The number of nitrogens with one attached hydrogen (secondary N) is 1. The molecule has 1 aliphatic rings. The Labute approximate surface area is 133 Å². The molecule has 1 aliphatic heterocycles. The molecule has 0 aromatic carbocycles. The van der Waals surface area contributed by atoms with Crippen LogP contribution in [0.4, 0.5) is 0 Å². The van der Waals surface area contributed by atoms with Crippen molar-refractivity contribution in [2.24, 2.45) is 5.92 Å². The smallest absolute Gasteiger partial charge is 0.107 e. The van der Waals surface area contributed by atoms with Crippen LogP contribution in [0.5, 0.6) is 0 Å². The topological polar surface area (TPSA) is 28.2 Å². The summed E-state index contributed by atoms with van der Waals surface area (Å²) in [6.07, 6.45) is 6.37. The van der Waals surface area contributed by atoms with E-state index in [0.29, 0.717) is 0 Å². The highest BCUT2D eigenvalue weighted by Gasteiger charge is 2.19. The Kier molecular flexibility index (Phi) is 8.69. The zero-order valence-corrected chi connectivity index (χ0v) is 14.4. The van der Waals surface area contributed by atoms with Gasteiger partial charge in [-0.25, -0.2) is 4.98 Å². The Hall–Kier alpha value is -0.160. The van der Waals surface area contributed by atoms with Gasteiger partial charge in [-0.15, -0.1) is 23.7 Å². The van der Waals surface area contributed by atoms with E-state index in [1.165, 1.54) is 49.5 Å². The lowest BCUT2D eigenvalue weighted by atomic mass is 9.93. The van der Waals surface area contributed by atoms with Crippen molar-refractivity contribution in [3.63, 3.8) is 0 Å². The van der Waals surface area contributed by atoms with Crippen molar-refractivity contribution in [2.75, 3.05) is 26.7 Å². The first-order chi connectivity index (χ1) is 9.31. The molecule has 1 saturated heterocycles. The van der Waals surface area contributed by atoms with Gasteiger partial charge in [0.05, 0.1) is 12.2 Å². The van der Waals surface area contributed by atoms with Gasteiger partial charge in [0.2, 0.25) is 0 Å². The predicted molar refractivity (Wildman–Crippen MR) is 89.9 cm³/mol. The monoisotopic (exact) mass is 317 g/mol. The summed E-state index contributed by atoms with van der Waals surface area (Å²) in [6.45, 7) is 6.94. The van der Waals surface area contributed by atoms with Gasteiger partial charge in [0.25, 0.3) is 0 Å². The number of hydrogen-bond donors (Lipinski definition) is 1. The third kappa shape index (κ3) is 5.68. The fourth-order valence-electron chi connectivity index (χ4n) is 2.77. The molecule has 2 rings (SSSR count). The van der Waals surface area contributed by atoms with Crippen molar-refractivity contribution in [2.45, 2.75) is 45.6 Å².